The summed E-state index contributed by atoms with van der Waals surface area (Å²) in [5.41, 5.74) is 10.8. The van der Waals surface area contributed by atoms with Gasteiger partial charge in [0, 0.05) is 54.4 Å². The molecule has 0 aliphatic rings. The van der Waals surface area contributed by atoms with Crippen molar-refractivity contribution in [2.24, 2.45) is 0 Å². The molecule has 0 atom stereocenters. The van der Waals surface area contributed by atoms with E-state index in [9.17, 15) is 0 Å². The molecular weight excluding hydrogens is 711 g/mol. The molecule has 0 fully saturated rings. The first-order chi connectivity index (χ1) is 28.7. The van der Waals surface area contributed by atoms with Gasteiger partial charge in [0.1, 0.15) is 11.2 Å². The molecule has 0 aliphatic heterocycles. The van der Waals surface area contributed by atoms with E-state index in [1.807, 2.05) is 36.4 Å². The van der Waals surface area contributed by atoms with E-state index in [0.29, 0.717) is 17.6 Å². The van der Waals surface area contributed by atoms with Crippen LogP contribution in [0.15, 0.2) is 192 Å². The molecule has 0 saturated heterocycles. The number of nitrogens with zero attached hydrogens (tertiary/aromatic N) is 5. The van der Waals surface area contributed by atoms with Crippen molar-refractivity contribution >= 4 is 65.4 Å². The molecule has 4 heterocycles. The Kier molecular flexibility index (Phi) is 7.13. The first-order valence-corrected chi connectivity index (χ1v) is 19.4. The average Bonchev–Trinajstić information content (AvgIpc) is 3.85. The van der Waals surface area contributed by atoms with Crippen molar-refractivity contribution in [1.29, 1.82) is 0 Å². The molecule has 0 unspecified atom stereocenters. The molecule has 0 spiro atoms. The number of aromatic nitrogens is 5. The Balaban J connectivity index is 0.979. The summed E-state index contributed by atoms with van der Waals surface area (Å²) < 4.78 is 8.77. The fraction of sp³-hybridized carbons (Fsp3) is 0. The van der Waals surface area contributed by atoms with Crippen LogP contribution in [-0.2, 0) is 0 Å². The van der Waals surface area contributed by atoms with Gasteiger partial charge in [-0.05, 0) is 53.6 Å². The summed E-state index contributed by atoms with van der Waals surface area (Å²) in [5.74, 6) is 1.80. The second-order valence-electron chi connectivity index (χ2n) is 14.6. The van der Waals surface area contributed by atoms with Crippen molar-refractivity contribution in [1.82, 2.24) is 24.5 Å². The average molecular weight is 742 g/mol. The smallest absolute Gasteiger partial charge is 0.238 e. The highest BCUT2D eigenvalue weighted by Crippen LogP contribution is 2.42. The molecule has 4 aromatic heterocycles. The Bertz CT molecular complexity index is 3500. The Labute approximate surface area is 332 Å². The van der Waals surface area contributed by atoms with Crippen molar-refractivity contribution in [2.45, 2.75) is 0 Å². The summed E-state index contributed by atoms with van der Waals surface area (Å²) in [6, 6.07) is 64.9. The first kappa shape index (κ1) is 32.3. The van der Waals surface area contributed by atoms with Crippen LogP contribution in [0, 0.1) is 0 Å². The van der Waals surface area contributed by atoms with Gasteiger partial charge in [0.05, 0.1) is 22.2 Å². The lowest BCUT2D eigenvalue weighted by molar-refractivity contribution is 0.669. The maximum Gasteiger partial charge on any atom is 0.238 e. The summed E-state index contributed by atoms with van der Waals surface area (Å²) in [7, 11) is 0. The zero-order valence-electron chi connectivity index (χ0n) is 31.0. The molecule has 0 aliphatic carbocycles. The van der Waals surface area contributed by atoms with Gasteiger partial charge in [0.25, 0.3) is 0 Å². The van der Waals surface area contributed by atoms with Gasteiger partial charge in [-0.25, -0.2) is 9.97 Å². The number of furan rings is 1. The normalized spacial score (nSPS) is 11.8. The number of para-hydroxylation sites is 3. The van der Waals surface area contributed by atoms with E-state index in [1.165, 1.54) is 0 Å². The number of rotatable bonds is 5. The zero-order chi connectivity index (χ0) is 38.2. The number of hydrogen-bond acceptors (Lipinski definition) is 5. The standard InChI is InChI=1S/C52H31N5O/c1-3-13-33(14-4-1)49-41-29-30-45-48(47(41)39-19-7-10-20-42(39)53-49)40-28-27-36(31-46(40)58-45)32-23-25-35(26-24-32)51-54-50(34-15-5-2-6-16-34)55-52(56-51)57-43-21-11-8-17-37(43)38-18-9-12-22-44(38)57/h1-31H. The van der Waals surface area contributed by atoms with E-state index >= 15 is 0 Å². The summed E-state index contributed by atoms with van der Waals surface area (Å²) in [6.45, 7) is 0. The Morgan fingerprint density at radius 3 is 1.60 bits per heavy atom. The lowest BCUT2D eigenvalue weighted by Gasteiger charge is -2.11. The second kappa shape index (κ2) is 12.8. The molecule has 0 saturated carbocycles. The van der Waals surface area contributed by atoms with Crippen LogP contribution in [0.25, 0.3) is 117 Å². The summed E-state index contributed by atoms with van der Waals surface area (Å²) in [4.78, 5) is 20.4. The van der Waals surface area contributed by atoms with Crippen molar-refractivity contribution in [3.63, 3.8) is 0 Å². The van der Waals surface area contributed by atoms with E-state index in [2.05, 4.69) is 156 Å². The van der Waals surface area contributed by atoms with Crippen LogP contribution in [0.3, 0.4) is 0 Å². The molecule has 58 heavy (non-hydrogen) atoms. The zero-order valence-corrected chi connectivity index (χ0v) is 31.0. The quantitative estimate of drug-likeness (QED) is 0.164. The van der Waals surface area contributed by atoms with Gasteiger partial charge in [0.2, 0.25) is 5.95 Å². The maximum absolute atomic E-state index is 6.63. The largest absolute Gasteiger partial charge is 0.456 e. The maximum atomic E-state index is 6.63. The van der Waals surface area contributed by atoms with Crippen LogP contribution < -0.4 is 0 Å². The minimum atomic E-state index is 0.577. The molecule has 12 rings (SSSR count). The number of hydrogen-bond donors (Lipinski definition) is 0. The van der Waals surface area contributed by atoms with Gasteiger partial charge in [-0.1, -0.05) is 146 Å². The van der Waals surface area contributed by atoms with E-state index in [-0.39, 0.29) is 0 Å². The highest BCUT2D eigenvalue weighted by molar-refractivity contribution is 6.28. The molecule has 12 aromatic rings. The minimum absolute atomic E-state index is 0.577. The molecule has 0 amide bonds. The topological polar surface area (TPSA) is 69.6 Å². The number of benzene rings is 8. The van der Waals surface area contributed by atoms with E-state index in [1.54, 1.807) is 0 Å². The van der Waals surface area contributed by atoms with Gasteiger partial charge in [-0.2, -0.15) is 9.97 Å². The fourth-order valence-corrected chi connectivity index (χ4v) is 8.56. The molecule has 0 bridgehead atoms. The van der Waals surface area contributed by atoms with Gasteiger partial charge in [-0.15, -0.1) is 0 Å². The van der Waals surface area contributed by atoms with Gasteiger partial charge in [-0.3, -0.25) is 4.57 Å². The van der Waals surface area contributed by atoms with Crippen molar-refractivity contribution in [3.05, 3.63) is 188 Å². The van der Waals surface area contributed by atoms with Crippen molar-refractivity contribution in [3.8, 4) is 51.1 Å². The first-order valence-electron chi connectivity index (χ1n) is 19.4. The highest BCUT2D eigenvalue weighted by Gasteiger charge is 2.20. The molecule has 8 aromatic carbocycles. The van der Waals surface area contributed by atoms with Crippen molar-refractivity contribution in [2.75, 3.05) is 0 Å². The van der Waals surface area contributed by atoms with Crippen LogP contribution in [-0.4, -0.2) is 24.5 Å². The molecular formula is C52H31N5O. The van der Waals surface area contributed by atoms with Crippen LogP contribution >= 0.6 is 0 Å². The Morgan fingerprint density at radius 1 is 0.345 bits per heavy atom. The monoisotopic (exact) mass is 741 g/mol. The number of pyridine rings is 1. The number of fused-ring (bicyclic) bond motifs is 10. The van der Waals surface area contributed by atoms with Crippen molar-refractivity contribution < 1.29 is 4.42 Å². The third-order valence-corrected chi connectivity index (χ3v) is 11.3. The van der Waals surface area contributed by atoms with Crippen LogP contribution in [0.1, 0.15) is 0 Å². The fourth-order valence-electron chi connectivity index (χ4n) is 8.56. The summed E-state index contributed by atoms with van der Waals surface area (Å²) in [6.07, 6.45) is 0. The molecule has 6 heteroatoms. The van der Waals surface area contributed by atoms with Gasteiger partial charge >= 0.3 is 0 Å². The third-order valence-electron chi connectivity index (χ3n) is 11.3. The van der Waals surface area contributed by atoms with Crippen LogP contribution in [0.4, 0.5) is 0 Å². The van der Waals surface area contributed by atoms with Crippen LogP contribution in [0.2, 0.25) is 0 Å². The molecule has 0 N–H and O–H groups in total. The van der Waals surface area contributed by atoms with E-state index in [4.69, 9.17) is 24.4 Å². The van der Waals surface area contributed by atoms with E-state index < -0.39 is 0 Å². The molecule has 0 radical (unpaired) electrons. The summed E-state index contributed by atoms with van der Waals surface area (Å²) >= 11 is 0. The Hall–Kier alpha value is -7.96. The van der Waals surface area contributed by atoms with Crippen LogP contribution in [0.5, 0.6) is 0 Å². The predicted molar refractivity (Wildman–Crippen MR) is 236 cm³/mol. The summed E-state index contributed by atoms with van der Waals surface area (Å²) in [5, 5.41) is 7.87. The minimum Gasteiger partial charge on any atom is -0.456 e. The SMILES string of the molecule is c1ccc(-c2nc(-c3ccc(-c4ccc5c(c4)oc4ccc6c(-c7ccccc7)nc7ccccc7c6c45)cc3)nc(-n3c4ccccc4c4ccccc43)n2)cc1. The third kappa shape index (κ3) is 5.05. The second-order valence-corrected chi connectivity index (χ2v) is 14.6. The van der Waals surface area contributed by atoms with Gasteiger partial charge < -0.3 is 4.42 Å². The lowest BCUT2D eigenvalue weighted by atomic mass is 9.95. The lowest BCUT2D eigenvalue weighted by Crippen LogP contribution is -2.06. The highest BCUT2D eigenvalue weighted by atomic mass is 16.3. The van der Waals surface area contributed by atoms with Gasteiger partial charge in [0.15, 0.2) is 11.6 Å². The Morgan fingerprint density at radius 2 is 0.897 bits per heavy atom. The van der Waals surface area contributed by atoms with E-state index in [0.717, 1.165) is 98.9 Å². The molecule has 6 nitrogen and oxygen atoms in total. The molecule has 270 valence electrons. The predicted octanol–water partition coefficient (Wildman–Crippen LogP) is 13.2.